The average Bonchev–Trinajstić information content (AvgIpc) is 2.23. The van der Waals surface area contributed by atoms with Crippen molar-refractivity contribution in [2.45, 2.75) is 59.8 Å². The molecular weight excluding hydrogens is 182 g/mol. The van der Waals surface area contributed by atoms with Crippen LogP contribution in [0.5, 0.6) is 0 Å². The summed E-state index contributed by atoms with van der Waals surface area (Å²) in [5.74, 6) is 0. The summed E-state index contributed by atoms with van der Waals surface area (Å²) < 4.78 is 0. The van der Waals surface area contributed by atoms with E-state index in [1.54, 1.807) is 5.56 Å². The smallest absolute Gasteiger partial charge is 0.0407 e. The standard InChI is InChI=1S/C14H23N/c1-5-7-9-13-11(3)10-15-12(4)14(13)8-6-2/h10H,5-9H2,1-4H3. The molecule has 0 aromatic carbocycles. The number of aromatic nitrogens is 1. The second-order valence-electron chi connectivity index (χ2n) is 4.34. The van der Waals surface area contributed by atoms with Gasteiger partial charge in [-0.25, -0.2) is 0 Å². The number of rotatable bonds is 5. The Labute approximate surface area is 93.9 Å². The molecule has 0 bridgehead atoms. The van der Waals surface area contributed by atoms with Crippen LogP contribution in [0.2, 0.25) is 0 Å². The summed E-state index contributed by atoms with van der Waals surface area (Å²) in [6.07, 6.45) is 8.21. The zero-order chi connectivity index (χ0) is 11.3. The summed E-state index contributed by atoms with van der Waals surface area (Å²) in [5.41, 5.74) is 5.67. The van der Waals surface area contributed by atoms with Crippen molar-refractivity contribution in [1.29, 1.82) is 0 Å². The Morgan fingerprint density at radius 2 is 1.73 bits per heavy atom. The number of pyridine rings is 1. The molecule has 1 aromatic heterocycles. The van der Waals surface area contributed by atoms with Crippen LogP contribution in [0.3, 0.4) is 0 Å². The van der Waals surface area contributed by atoms with E-state index in [9.17, 15) is 0 Å². The molecule has 0 radical (unpaired) electrons. The first-order valence-electron chi connectivity index (χ1n) is 6.14. The Morgan fingerprint density at radius 1 is 1.00 bits per heavy atom. The minimum Gasteiger partial charge on any atom is -0.261 e. The van der Waals surface area contributed by atoms with E-state index >= 15 is 0 Å². The lowest BCUT2D eigenvalue weighted by Gasteiger charge is -2.13. The second kappa shape index (κ2) is 5.89. The fourth-order valence-electron chi connectivity index (χ4n) is 2.09. The largest absolute Gasteiger partial charge is 0.261 e. The lowest BCUT2D eigenvalue weighted by atomic mass is 9.95. The molecule has 0 aliphatic carbocycles. The van der Waals surface area contributed by atoms with Crippen LogP contribution in [0.25, 0.3) is 0 Å². The summed E-state index contributed by atoms with van der Waals surface area (Å²) in [6.45, 7) is 8.82. The molecule has 0 unspecified atom stereocenters. The highest BCUT2D eigenvalue weighted by Crippen LogP contribution is 2.20. The molecule has 0 amide bonds. The van der Waals surface area contributed by atoms with Gasteiger partial charge in [0, 0.05) is 11.9 Å². The van der Waals surface area contributed by atoms with Crippen molar-refractivity contribution in [2.24, 2.45) is 0 Å². The molecule has 0 saturated carbocycles. The van der Waals surface area contributed by atoms with Crippen molar-refractivity contribution in [1.82, 2.24) is 4.98 Å². The van der Waals surface area contributed by atoms with Gasteiger partial charge in [0.05, 0.1) is 0 Å². The van der Waals surface area contributed by atoms with E-state index in [-0.39, 0.29) is 0 Å². The van der Waals surface area contributed by atoms with E-state index in [4.69, 9.17) is 0 Å². The quantitative estimate of drug-likeness (QED) is 0.708. The molecule has 1 nitrogen and oxygen atoms in total. The van der Waals surface area contributed by atoms with Crippen LogP contribution in [-0.4, -0.2) is 4.98 Å². The number of nitrogens with zero attached hydrogens (tertiary/aromatic N) is 1. The summed E-state index contributed by atoms with van der Waals surface area (Å²) >= 11 is 0. The third-order valence-electron chi connectivity index (χ3n) is 3.01. The SMILES string of the molecule is CCCCc1c(C)cnc(C)c1CCC. The zero-order valence-corrected chi connectivity index (χ0v) is 10.6. The second-order valence-corrected chi connectivity index (χ2v) is 4.34. The Hall–Kier alpha value is -0.850. The van der Waals surface area contributed by atoms with E-state index in [0.717, 1.165) is 0 Å². The van der Waals surface area contributed by atoms with Crippen molar-refractivity contribution in [3.05, 3.63) is 28.6 Å². The van der Waals surface area contributed by atoms with Crippen molar-refractivity contribution in [3.63, 3.8) is 0 Å². The van der Waals surface area contributed by atoms with E-state index in [1.807, 2.05) is 6.20 Å². The van der Waals surface area contributed by atoms with Gasteiger partial charge < -0.3 is 0 Å². The Kier molecular flexibility index (Phi) is 4.80. The monoisotopic (exact) mass is 205 g/mol. The molecule has 1 rings (SSSR count). The topological polar surface area (TPSA) is 12.9 Å². The van der Waals surface area contributed by atoms with Crippen molar-refractivity contribution < 1.29 is 0 Å². The van der Waals surface area contributed by atoms with Gasteiger partial charge >= 0.3 is 0 Å². The summed E-state index contributed by atoms with van der Waals surface area (Å²) in [6, 6.07) is 0. The molecule has 0 fully saturated rings. The van der Waals surface area contributed by atoms with Crippen LogP contribution >= 0.6 is 0 Å². The highest BCUT2D eigenvalue weighted by molar-refractivity contribution is 5.35. The molecule has 0 aliphatic heterocycles. The molecule has 0 saturated heterocycles. The van der Waals surface area contributed by atoms with E-state index < -0.39 is 0 Å². The summed E-state index contributed by atoms with van der Waals surface area (Å²) in [7, 11) is 0. The molecule has 1 aromatic rings. The molecular formula is C14H23N. The lowest BCUT2D eigenvalue weighted by Crippen LogP contribution is -2.03. The van der Waals surface area contributed by atoms with Crippen molar-refractivity contribution in [3.8, 4) is 0 Å². The van der Waals surface area contributed by atoms with Gasteiger partial charge in [-0.15, -0.1) is 0 Å². The third-order valence-corrected chi connectivity index (χ3v) is 3.01. The first-order chi connectivity index (χ1) is 7.20. The molecule has 1 heterocycles. The highest BCUT2D eigenvalue weighted by atomic mass is 14.7. The summed E-state index contributed by atoms with van der Waals surface area (Å²) in [4.78, 5) is 4.47. The van der Waals surface area contributed by atoms with Crippen LogP contribution in [0.1, 0.15) is 55.5 Å². The molecule has 0 spiro atoms. The minimum absolute atomic E-state index is 1.18. The average molecular weight is 205 g/mol. The first-order valence-corrected chi connectivity index (χ1v) is 6.14. The fraction of sp³-hybridized carbons (Fsp3) is 0.643. The highest BCUT2D eigenvalue weighted by Gasteiger charge is 2.08. The Balaban J connectivity index is 3.01. The van der Waals surface area contributed by atoms with Gasteiger partial charge in [0.1, 0.15) is 0 Å². The van der Waals surface area contributed by atoms with Gasteiger partial charge in [-0.2, -0.15) is 0 Å². The summed E-state index contributed by atoms with van der Waals surface area (Å²) in [5, 5.41) is 0. The maximum atomic E-state index is 4.47. The predicted molar refractivity (Wildman–Crippen MR) is 66.3 cm³/mol. The molecule has 84 valence electrons. The van der Waals surface area contributed by atoms with Crippen LogP contribution < -0.4 is 0 Å². The molecule has 15 heavy (non-hydrogen) atoms. The van der Waals surface area contributed by atoms with Gasteiger partial charge in [-0.05, 0) is 49.8 Å². The predicted octanol–water partition coefficient (Wildman–Crippen LogP) is 3.99. The number of aryl methyl sites for hydroxylation is 2. The zero-order valence-electron chi connectivity index (χ0n) is 10.6. The maximum Gasteiger partial charge on any atom is 0.0407 e. The van der Waals surface area contributed by atoms with Gasteiger partial charge in [0.15, 0.2) is 0 Å². The molecule has 0 N–H and O–H groups in total. The van der Waals surface area contributed by atoms with Gasteiger partial charge in [0.25, 0.3) is 0 Å². The van der Waals surface area contributed by atoms with Crippen molar-refractivity contribution >= 4 is 0 Å². The van der Waals surface area contributed by atoms with Gasteiger partial charge in [-0.1, -0.05) is 26.7 Å². The van der Waals surface area contributed by atoms with Crippen LogP contribution in [0.4, 0.5) is 0 Å². The normalized spacial score (nSPS) is 10.7. The lowest BCUT2D eigenvalue weighted by molar-refractivity contribution is 0.768. The first kappa shape index (κ1) is 12.2. The van der Waals surface area contributed by atoms with E-state index in [0.29, 0.717) is 0 Å². The van der Waals surface area contributed by atoms with Crippen LogP contribution in [-0.2, 0) is 12.8 Å². The number of hydrogen-bond donors (Lipinski definition) is 0. The van der Waals surface area contributed by atoms with E-state index in [1.165, 1.54) is 48.9 Å². The van der Waals surface area contributed by atoms with Crippen molar-refractivity contribution in [2.75, 3.05) is 0 Å². The van der Waals surface area contributed by atoms with Gasteiger partial charge in [0.2, 0.25) is 0 Å². The number of hydrogen-bond acceptors (Lipinski definition) is 1. The Bertz CT molecular complexity index is 315. The molecule has 0 atom stereocenters. The minimum atomic E-state index is 1.18. The molecule has 0 aliphatic rings. The Morgan fingerprint density at radius 3 is 2.33 bits per heavy atom. The third kappa shape index (κ3) is 3.05. The van der Waals surface area contributed by atoms with Crippen LogP contribution in [0.15, 0.2) is 6.20 Å². The van der Waals surface area contributed by atoms with Gasteiger partial charge in [-0.3, -0.25) is 4.98 Å². The maximum absolute atomic E-state index is 4.47. The number of unbranched alkanes of at least 4 members (excludes halogenated alkanes) is 1. The molecule has 1 heteroatoms. The van der Waals surface area contributed by atoms with Crippen LogP contribution in [0, 0.1) is 13.8 Å². The van der Waals surface area contributed by atoms with E-state index in [2.05, 4.69) is 32.7 Å². The fourth-order valence-corrected chi connectivity index (χ4v) is 2.09.